The number of rotatable bonds is 3. The average Bonchev–Trinajstić information content (AvgIpc) is 3.37. The van der Waals surface area contributed by atoms with Crippen LogP contribution in [0.3, 0.4) is 0 Å². The minimum atomic E-state index is -2.53. The van der Waals surface area contributed by atoms with Crippen molar-refractivity contribution in [2.75, 3.05) is 6.54 Å². The number of Topliss-reactive ketones (excluding diaryl/α,β-unsaturated/α-hetero) is 1. The SMILES string of the molecule is CC(=O)C1NC(N)=[N+]2C[C@H](NC(=O)c3cccc4c3CCC4)C(O)(O)[C@@]23NC(N)=N[C@@H]13. The van der Waals surface area contributed by atoms with Crippen molar-refractivity contribution in [3.63, 3.8) is 0 Å². The summed E-state index contributed by atoms with van der Waals surface area (Å²) in [5.41, 5.74) is 13.0. The molecular weight excluding hydrogens is 402 g/mol. The van der Waals surface area contributed by atoms with Crippen molar-refractivity contribution in [3.05, 3.63) is 34.9 Å². The Morgan fingerprint density at radius 2 is 2.06 bits per heavy atom. The van der Waals surface area contributed by atoms with Gasteiger partial charge in [0.1, 0.15) is 6.04 Å². The van der Waals surface area contributed by atoms with Crippen LogP contribution in [0.15, 0.2) is 23.2 Å². The molecule has 11 nitrogen and oxygen atoms in total. The summed E-state index contributed by atoms with van der Waals surface area (Å²) in [5, 5.41) is 31.1. The molecule has 31 heavy (non-hydrogen) atoms. The zero-order chi connectivity index (χ0) is 22.1. The highest BCUT2D eigenvalue weighted by Crippen LogP contribution is 2.41. The first-order chi connectivity index (χ1) is 14.7. The molecule has 11 heteroatoms. The molecule has 0 radical (unpaired) electrons. The number of aryl methyl sites for hydroxylation is 1. The molecule has 4 aliphatic rings. The lowest BCUT2D eigenvalue weighted by Gasteiger charge is -2.43. The molecule has 5 rings (SSSR count). The second-order valence-electron chi connectivity index (χ2n) is 8.63. The third kappa shape index (κ3) is 2.53. The summed E-state index contributed by atoms with van der Waals surface area (Å²) >= 11 is 0. The molecule has 164 valence electrons. The van der Waals surface area contributed by atoms with Crippen molar-refractivity contribution in [1.82, 2.24) is 16.0 Å². The summed E-state index contributed by atoms with van der Waals surface area (Å²) in [4.78, 5) is 29.6. The fraction of sp³-hybridized carbons (Fsp3) is 0.500. The van der Waals surface area contributed by atoms with Crippen molar-refractivity contribution in [2.45, 2.75) is 55.8 Å². The number of guanidine groups is 2. The van der Waals surface area contributed by atoms with Crippen LogP contribution in [0, 0.1) is 0 Å². The van der Waals surface area contributed by atoms with Crippen molar-refractivity contribution >= 4 is 23.6 Å². The Kier molecular flexibility index (Phi) is 4.09. The first-order valence-electron chi connectivity index (χ1n) is 10.3. The lowest BCUT2D eigenvalue weighted by Crippen LogP contribution is -2.79. The van der Waals surface area contributed by atoms with Crippen molar-refractivity contribution in [2.24, 2.45) is 16.5 Å². The van der Waals surface area contributed by atoms with Gasteiger partial charge < -0.3 is 26.6 Å². The Labute approximate surface area is 178 Å². The zero-order valence-corrected chi connectivity index (χ0v) is 17.1. The minimum Gasteiger partial charge on any atom is -0.370 e. The normalized spacial score (nSPS) is 32.4. The van der Waals surface area contributed by atoms with Gasteiger partial charge in [-0.2, -0.15) is 0 Å². The van der Waals surface area contributed by atoms with E-state index in [4.69, 9.17) is 11.5 Å². The van der Waals surface area contributed by atoms with Crippen LogP contribution in [0.4, 0.5) is 0 Å². The van der Waals surface area contributed by atoms with E-state index in [-0.39, 0.29) is 24.2 Å². The zero-order valence-electron chi connectivity index (χ0n) is 17.1. The second-order valence-corrected chi connectivity index (χ2v) is 8.63. The molecule has 1 spiro atoms. The van der Waals surface area contributed by atoms with E-state index in [1.165, 1.54) is 11.5 Å². The van der Waals surface area contributed by atoms with Crippen LogP contribution in [0.25, 0.3) is 0 Å². The molecule has 1 aliphatic carbocycles. The Balaban J connectivity index is 1.52. The van der Waals surface area contributed by atoms with Gasteiger partial charge in [-0.05, 0) is 43.4 Å². The molecule has 0 saturated carbocycles. The predicted octanol–water partition coefficient (Wildman–Crippen LogP) is -3.16. The molecule has 0 bridgehead atoms. The summed E-state index contributed by atoms with van der Waals surface area (Å²) < 4.78 is 1.47. The molecule has 1 fully saturated rings. The van der Waals surface area contributed by atoms with Gasteiger partial charge in [-0.1, -0.05) is 12.1 Å². The molecule has 3 heterocycles. The highest BCUT2D eigenvalue weighted by Gasteiger charge is 2.75. The highest BCUT2D eigenvalue weighted by molar-refractivity contribution is 5.96. The van der Waals surface area contributed by atoms with Crippen LogP contribution in [-0.4, -0.2) is 74.5 Å². The first-order valence-corrected chi connectivity index (χ1v) is 10.3. The molecule has 1 saturated heterocycles. The lowest BCUT2D eigenvalue weighted by molar-refractivity contribution is -0.622. The number of hydrogen-bond acceptors (Lipinski definition) is 9. The molecule has 1 aromatic carbocycles. The van der Waals surface area contributed by atoms with Gasteiger partial charge in [0.2, 0.25) is 11.4 Å². The maximum absolute atomic E-state index is 13.1. The number of nitrogens with zero attached hydrogens (tertiary/aromatic N) is 2. The fourth-order valence-corrected chi connectivity index (χ4v) is 5.46. The quantitative estimate of drug-likeness (QED) is 0.195. The van der Waals surface area contributed by atoms with Gasteiger partial charge in [-0.25, -0.2) is 9.57 Å². The number of nitrogens with two attached hydrogens (primary N) is 2. The Hall–Kier alpha value is -3.18. The van der Waals surface area contributed by atoms with E-state index >= 15 is 0 Å². The topological polar surface area (TPSA) is 178 Å². The Morgan fingerprint density at radius 3 is 2.81 bits per heavy atom. The number of aliphatic hydroxyl groups is 2. The van der Waals surface area contributed by atoms with Crippen LogP contribution in [-0.2, 0) is 17.6 Å². The summed E-state index contributed by atoms with van der Waals surface area (Å²) in [6.07, 6.45) is 2.71. The van der Waals surface area contributed by atoms with Crippen LogP contribution >= 0.6 is 0 Å². The van der Waals surface area contributed by atoms with Crippen molar-refractivity contribution in [3.8, 4) is 0 Å². The van der Waals surface area contributed by atoms with Crippen LogP contribution in [0.5, 0.6) is 0 Å². The van der Waals surface area contributed by atoms with Gasteiger partial charge in [0.05, 0.1) is 6.54 Å². The molecule has 4 atom stereocenters. The van der Waals surface area contributed by atoms with Crippen LogP contribution in [0.2, 0.25) is 0 Å². The smallest absolute Gasteiger partial charge is 0.346 e. The standard InChI is InChI=1S/C20H25N7O4/c1-9(28)14-15-19(26-17(21)25-15)20(30,31)13(8-27(19)18(22)24-14)23-16(29)12-7-3-5-10-4-2-6-11(10)12/h3,5,7,13-15,30-31H,2,4,6,8H2,1H3,(H6,21,22,23,24,25,26,29)/p+1/t13-,14?,15-,19-/m0/s1. The van der Waals surface area contributed by atoms with E-state index in [0.29, 0.717) is 5.56 Å². The van der Waals surface area contributed by atoms with E-state index in [1.54, 1.807) is 6.07 Å². The van der Waals surface area contributed by atoms with Gasteiger partial charge in [0, 0.05) is 5.56 Å². The molecular formula is C20H26N7O4+. The van der Waals surface area contributed by atoms with E-state index in [2.05, 4.69) is 20.9 Å². The molecule has 1 aromatic rings. The van der Waals surface area contributed by atoms with Crippen molar-refractivity contribution in [1.29, 1.82) is 0 Å². The summed E-state index contributed by atoms with van der Waals surface area (Å²) in [5.74, 6) is -3.19. The van der Waals surface area contributed by atoms with Gasteiger partial charge in [0.15, 0.2) is 23.8 Å². The number of fused-ring (bicyclic) bond motifs is 1. The molecule has 0 aromatic heterocycles. The molecule has 1 amide bonds. The lowest BCUT2D eigenvalue weighted by atomic mass is 9.84. The maximum atomic E-state index is 13.1. The Morgan fingerprint density at radius 1 is 1.29 bits per heavy atom. The van der Waals surface area contributed by atoms with Crippen LogP contribution < -0.4 is 27.4 Å². The first kappa shape index (κ1) is 19.8. The summed E-state index contributed by atoms with van der Waals surface area (Å²) in [6, 6.07) is 2.58. The van der Waals surface area contributed by atoms with E-state index < -0.39 is 35.5 Å². The number of carbonyl (C=O) groups excluding carboxylic acids is 2. The minimum absolute atomic E-state index is 0.0243. The fourth-order valence-electron chi connectivity index (χ4n) is 5.46. The number of benzene rings is 1. The van der Waals surface area contributed by atoms with Crippen LogP contribution in [0.1, 0.15) is 34.8 Å². The van der Waals surface area contributed by atoms with E-state index in [9.17, 15) is 19.8 Å². The monoisotopic (exact) mass is 428 g/mol. The number of aliphatic imine (C=N–C) groups is 1. The van der Waals surface area contributed by atoms with E-state index in [0.717, 1.165) is 30.4 Å². The Bertz CT molecular complexity index is 1070. The third-order valence-electron chi connectivity index (χ3n) is 6.91. The predicted molar refractivity (Wildman–Crippen MR) is 110 cm³/mol. The van der Waals surface area contributed by atoms with Gasteiger partial charge >= 0.3 is 5.96 Å². The van der Waals surface area contributed by atoms with Gasteiger partial charge in [0.25, 0.3) is 5.91 Å². The van der Waals surface area contributed by atoms with Gasteiger partial charge in [-0.15, -0.1) is 0 Å². The van der Waals surface area contributed by atoms with Gasteiger partial charge in [-0.3, -0.25) is 20.6 Å². The highest BCUT2D eigenvalue weighted by atomic mass is 16.5. The number of amides is 1. The number of hydrogen-bond donors (Lipinski definition) is 7. The summed E-state index contributed by atoms with van der Waals surface area (Å²) in [6.45, 7) is 1.34. The number of carbonyl (C=O) groups is 2. The third-order valence-corrected chi connectivity index (χ3v) is 6.91. The molecule has 1 unspecified atom stereocenters. The maximum Gasteiger partial charge on any atom is 0.346 e. The van der Waals surface area contributed by atoms with Crippen molar-refractivity contribution < 1.29 is 24.4 Å². The largest absolute Gasteiger partial charge is 0.370 e. The number of ketones is 1. The molecule has 9 N–H and O–H groups in total. The molecule has 3 aliphatic heterocycles. The average molecular weight is 428 g/mol. The number of nitrogens with one attached hydrogen (secondary N) is 3. The second kappa shape index (κ2) is 6.41. The summed E-state index contributed by atoms with van der Waals surface area (Å²) in [7, 11) is 0. The van der Waals surface area contributed by atoms with E-state index in [1.807, 2.05) is 12.1 Å².